The number of halogens is 2. The first kappa shape index (κ1) is 15.3. The minimum absolute atomic E-state index is 0.0210. The summed E-state index contributed by atoms with van der Waals surface area (Å²) in [4.78, 5) is 11.6. The minimum Gasteiger partial charge on any atom is -0.375 e. The van der Waals surface area contributed by atoms with Crippen molar-refractivity contribution in [1.29, 1.82) is 0 Å². The Morgan fingerprint density at radius 1 is 1.44 bits per heavy atom. The third kappa shape index (κ3) is 4.86. The van der Waals surface area contributed by atoms with Crippen LogP contribution in [-0.4, -0.2) is 19.0 Å². The van der Waals surface area contributed by atoms with E-state index in [1.807, 2.05) is 19.1 Å². The number of nitrogens with one attached hydrogen (secondary N) is 2. The second-order valence-electron chi connectivity index (χ2n) is 4.63. The Kier molecular flexibility index (Phi) is 5.96. The zero-order valence-corrected chi connectivity index (χ0v) is 13.2. The lowest BCUT2D eigenvalue weighted by molar-refractivity contribution is -0.119. The van der Waals surface area contributed by atoms with Gasteiger partial charge in [-0.1, -0.05) is 25.4 Å². The van der Waals surface area contributed by atoms with E-state index in [4.69, 9.17) is 11.6 Å². The number of aryl methyl sites for hydroxylation is 1. The molecule has 0 atom stereocenters. The van der Waals surface area contributed by atoms with Crippen LogP contribution in [0.5, 0.6) is 0 Å². The number of anilines is 1. The van der Waals surface area contributed by atoms with Gasteiger partial charge in [0.1, 0.15) is 0 Å². The molecule has 0 aromatic heterocycles. The molecule has 1 aromatic carbocycles. The molecule has 1 rings (SSSR count). The summed E-state index contributed by atoms with van der Waals surface area (Å²) in [6.45, 7) is 6.99. The van der Waals surface area contributed by atoms with Crippen molar-refractivity contribution in [3.8, 4) is 0 Å². The monoisotopic (exact) mass is 332 g/mol. The summed E-state index contributed by atoms with van der Waals surface area (Å²) in [5.74, 6) is 0.432. The fraction of sp³-hybridized carbons (Fsp3) is 0.462. The SMILES string of the molecule is Cc1cc(Br)c(NCC(=O)NCC(C)C)cc1Cl. The number of rotatable bonds is 5. The van der Waals surface area contributed by atoms with Gasteiger partial charge in [0, 0.05) is 16.0 Å². The average molecular weight is 334 g/mol. The molecule has 0 saturated carbocycles. The molecule has 0 heterocycles. The molecule has 0 aliphatic heterocycles. The van der Waals surface area contributed by atoms with Gasteiger partial charge in [-0.25, -0.2) is 0 Å². The van der Waals surface area contributed by atoms with E-state index in [0.29, 0.717) is 17.5 Å². The van der Waals surface area contributed by atoms with E-state index < -0.39 is 0 Å². The molecule has 0 unspecified atom stereocenters. The van der Waals surface area contributed by atoms with Gasteiger partial charge in [-0.05, 0) is 46.5 Å². The number of hydrogen-bond acceptors (Lipinski definition) is 2. The van der Waals surface area contributed by atoms with E-state index in [0.717, 1.165) is 15.7 Å². The Labute approximate surface area is 121 Å². The summed E-state index contributed by atoms with van der Waals surface area (Å²) in [6, 6.07) is 3.74. The topological polar surface area (TPSA) is 41.1 Å². The fourth-order valence-corrected chi connectivity index (χ4v) is 2.10. The second kappa shape index (κ2) is 7.00. The third-order valence-corrected chi connectivity index (χ3v) is 3.46. The molecule has 1 amide bonds. The zero-order valence-electron chi connectivity index (χ0n) is 10.8. The van der Waals surface area contributed by atoms with Crippen molar-refractivity contribution in [2.24, 2.45) is 5.92 Å². The first-order chi connectivity index (χ1) is 8.40. The van der Waals surface area contributed by atoms with Crippen LogP contribution < -0.4 is 10.6 Å². The highest BCUT2D eigenvalue weighted by atomic mass is 79.9. The lowest BCUT2D eigenvalue weighted by atomic mass is 10.2. The number of hydrogen-bond donors (Lipinski definition) is 2. The Bertz CT molecular complexity index is 435. The van der Waals surface area contributed by atoms with E-state index in [9.17, 15) is 4.79 Å². The molecular formula is C13H18BrClN2O. The lowest BCUT2D eigenvalue weighted by Crippen LogP contribution is -2.32. The van der Waals surface area contributed by atoms with Crippen molar-refractivity contribution in [3.63, 3.8) is 0 Å². The maximum Gasteiger partial charge on any atom is 0.239 e. The van der Waals surface area contributed by atoms with Crippen molar-refractivity contribution in [1.82, 2.24) is 5.32 Å². The Morgan fingerprint density at radius 3 is 2.72 bits per heavy atom. The number of carbonyl (C=O) groups is 1. The van der Waals surface area contributed by atoms with Crippen molar-refractivity contribution < 1.29 is 4.79 Å². The van der Waals surface area contributed by atoms with E-state index >= 15 is 0 Å². The Morgan fingerprint density at radius 2 is 2.11 bits per heavy atom. The molecule has 0 bridgehead atoms. The second-order valence-corrected chi connectivity index (χ2v) is 5.89. The summed E-state index contributed by atoms with van der Waals surface area (Å²) in [5, 5.41) is 6.59. The van der Waals surface area contributed by atoms with E-state index in [2.05, 4.69) is 40.4 Å². The first-order valence-electron chi connectivity index (χ1n) is 5.86. The summed E-state index contributed by atoms with van der Waals surface area (Å²) < 4.78 is 0.904. The van der Waals surface area contributed by atoms with Gasteiger partial charge >= 0.3 is 0 Å². The smallest absolute Gasteiger partial charge is 0.239 e. The van der Waals surface area contributed by atoms with Gasteiger partial charge in [0.15, 0.2) is 0 Å². The molecule has 0 fully saturated rings. The molecule has 0 aliphatic rings. The van der Waals surface area contributed by atoms with Crippen molar-refractivity contribution >= 4 is 39.1 Å². The highest BCUT2D eigenvalue weighted by Crippen LogP contribution is 2.28. The standard InChI is InChI=1S/C13H18BrClN2O/c1-8(2)6-17-13(18)7-16-12-5-11(15)9(3)4-10(12)14/h4-5,8,16H,6-7H2,1-3H3,(H,17,18). The normalized spacial score (nSPS) is 10.6. The quantitative estimate of drug-likeness (QED) is 0.864. The summed E-state index contributed by atoms with van der Waals surface area (Å²) >= 11 is 9.48. The van der Waals surface area contributed by atoms with Gasteiger partial charge in [0.05, 0.1) is 12.2 Å². The van der Waals surface area contributed by atoms with Gasteiger partial charge < -0.3 is 10.6 Å². The predicted molar refractivity (Wildman–Crippen MR) is 80.2 cm³/mol. The number of amides is 1. The van der Waals surface area contributed by atoms with Crippen LogP contribution in [0.25, 0.3) is 0 Å². The highest BCUT2D eigenvalue weighted by Gasteiger charge is 2.06. The van der Waals surface area contributed by atoms with Crippen molar-refractivity contribution in [2.45, 2.75) is 20.8 Å². The fourth-order valence-electron chi connectivity index (χ4n) is 1.34. The van der Waals surface area contributed by atoms with Crippen molar-refractivity contribution in [3.05, 3.63) is 27.2 Å². The molecule has 18 heavy (non-hydrogen) atoms. The molecule has 5 heteroatoms. The third-order valence-electron chi connectivity index (χ3n) is 2.40. The molecule has 3 nitrogen and oxygen atoms in total. The largest absolute Gasteiger partial charge is 0.375 e. The maximum absolute atomic E-state index is 11.6. The number of benzene rings is 1. The van der Waals surface area contributed by atoms with Gasteiger partial charge in [-0.2, -0.15) is 0 Å². The molecule has 0 aliphatic carbocycles. The molecule has 1 aromatic rings. The summed E-state index contributed by atoms with van der Waals surface area (Å²) in [5.41, 5.74) is 1.82. The van der Waals surface area contributed by atoms with Crippen LogP contribution in [0, 0.1) is 12.8 Å². The average Bonchev–Trinajstić information content (AvgIpc) is 2.29. The van der Waals surface area contributed by atoms with Crippen molar-refractivity contribution in [2.75, 3.05) is 18.4 Å². The van der Waals surface area contributed by atoms with Crippen LogP contribution in [0.2, 0.25) is 5.02 Å². The minimum atomic E-state index is -0.0210. The molecule has 2 N–H and O–H groups in total. The van der Waals surface area contributed by atoms with E-state index in [1.54, 1.807) is 0 Å². The Hall–Kier alpha value is -0.740. The summed E-state index contributed by atoms with van der Waals surface area (Å²) in [6.07, 6.45) is 0. The predicted octanol–water partition coefficient (Wildman–Crippen LogP) is 3.60. The molecule has 0 radical (unpaired) electrons. The maximum atomic E-state index is 11.6. The van der Waals surface area contributed by atoms with Gasteiger partial charge in [-0.15, -0.1) is 0 Å². The molecule has 0 saturated heterocycles. The first-order valence-corrected chi connectivity index (χ1v) is 7.03. The van der Waals surface area contributed by atoms with Crippen LogP contribution in [0.15, 0.2) is 16.6 Å². The molecule has 100 valence electrons. The summed E-state index contributed by atoms with van der Waals surface area (Å²) in [7, 11) is 0. The van der Waals surface area contributed by atoms with Crippen LogP contribution in [0.3, 0.4) is 0 Å². The Balaban J connectivity index is 2.53. The van der Waals surface area contributed by atoms with Crippen LogP contribution in [0.4, 0.5) is 5.69 Å². The number of carbonyl (C=O) groups excluding carboxylic acids is 1. The zero-order chi connectivity index (χ0) is 13.7. The van der Waals surface area contributed by atoms with Gasteiger partial charge in [-0.3, -0.25) is 4.79 Å². The molecular weight excluding hydrogens is 316 g/mol. The van der Waals surface area contributed by atoms with Crippen LogP contribution in [-0.2, 0) is 4.79 Å². The lowest BCUT2D eigenvalue weighted by Gasteiger charge is -2.11. The van der Waals surface area contributed by atoms with Gasteiger partial charge in [0.2, 0.25) is 5.91 Å². The van der Waals surface area contributed by atoms with Crippen LogP contribution in [0.1, 0.15) is 19.4 Å². The van der Waals surface area contributed by atoms with E-state index in [1.165, 1.54) is 0 Å². The van der Waals surface area contributed by atoms with Crippen LogP contribution >= 0.6 is 27.5 Å². The van der Waals surface area contributed by atoms with E-state index in [-0.39, 0.29) is 12.5 Å². The molecule has 0 spiro atoms. The highest BCUT2D eigenvalue weighted by molar-refractivity contribution is 9.10. The van der Waals surface area contributed by atoms with Gasteiger partial charge in [0.25, 0.3) is 0 Å².